The van der Waals surface area contributed by atoms with E-state index in [-0.39, 0.29) is 11.8 Å². The Morgan fingerprint density at radius 1 is 1.24 bits per heavy atom. The summed E-state index contributed by atoms with van der Waals surface area (Å²) in [4.78, 5) is 10.7. The highest BCUT2D eigenvalue weighted by Gasteiger charge is 2.17. The number of aromatic nitrogens is 3. The molecule has 1 N–H and O–H groups in total. The summed E-state index contributed by atoms with van der Waals surface area (Å²) in [5.74, 6) is -0.0894. The van der Waals surface area contributed by atoms with Gasteiger partial charge in [0.15, 0.2) is 11.0 Å². The maximum absolute atomic E-state index is 10.7. The highest BCUT2D eigenvalue weighted by atomic mass is 32.2. The smallest absolute Gasteiger partial charge is 0.313 e. The van der Waals surface area contributed by atoms with Crippen LogP contribution < -0.4 is 0 Å². The third kappa shape index (κ3) is 3.64. The predicted octanol–water partition coefficient (Wildman–Crippen LogP) is 3.32. The average Bonchev–Trinajstić information content (AvgIpc) is 2.78. The summed E-state index contributed by atoms with van der Waals surface area (Å²) < 4.78 is 1.99. The van der Waals surface area contributed by atoms with Crippen LogP contribution in [0.5, 0.6) is 0 Å². The molecule has 0 bridgehead atoms. The average molecular weight is 305 g/mol. The van der Waals surface area contributed by atoms with Crippen LogP contribution in [0.1, 0.15) is 31.0 Å². The van der Waals surface area contributed by atoms with Crippen LogP contribution in [0, 0.1) is 13.8 Å². The maximum atomic E-state index is 10.7. The fourth-order valence-corrected chi connectivity index (χ4v) is 3.06. The number of aliphatic carboxylic acids is 1. The predicted molar refractivity (Wildman–Crippen MR) is 83.7 cm³/mol. The Morgan fingerprint density at radius 2 is 1.86 bits per heavy atom. The van der Waals surface area contributed by atoms with E-state index in [9.17, 15) is 4.79 Å². The number of hydrogen-bond donors (Lipinski definition) is 1. The molecule has 1 aromatic carbocycles. The number of hydrogen-bond acceptors (Lipinski definition) is 4. The third-order valence-corrected chi connectivity index (χ3v) is 3.91. The monoisotopic (exact) mass is 305 g/mol. The number of carbonyl (C=O) groups is 1. The molecule has 0 saturated heterocycles. The maximum Gasteiger partial charge on any atom is 0.313 e. The van der Waals surface area contributed by atoms with Crippen molar-refractivity contribution in [2.24, 2.45) is 0 Å². The van der Waals surface area contributed by atoms with Gasteiger partial charge in [0.25, 0.3) is 0 Å². The van der Waals surface area contributed by atoms with Crippen molar-refractivity contribution in [2.45, 2.75) is 38.9 Å². The van der Waals surface area contributed by atoms with Gasteiger partial charge < -0.3 is 5.11 Å². The minimum absolute atomic E-state index is 0.0162. The zero-order valence-corrected chi connectivity index (χ0v) is 13.4. The van der Waals surface area contributed by atoms with Gasteiger partial charge in [-0.2, -0.15) is 0 Å². The minimum atomic E-state index is -0.855. The lowest BCUT2D eigenvalue weighted by molar-refractivity contribution is -0.133. The van der Waals surface area contributed by atoms with Crippen molar-refractivity contribution in [2.75, 3.05) is 5.75 Å². The van der Waals surface area contributed by atoms with E-state index in [1.54, 1.807) is 0 Å². The van der Waals surface area contributed by atoms with Crippen LogP contribution in [0.25, 0.3) is 11.4 Å². The van der Waals surface area contributed by atoms with Crippen molar-refractivity contribution < 1.29 is 9.90 Å². The largest absolute Gasteiger partial charge is 0.481 e. The molecule has 0 saturated carbocycles. The second kappa shape index (κ2) is 6.30. The summed E-state index contributed by atoms with van der Waals surface area (Å²) in [5.41, 5.74) is 3.35. The van der Waals surface area contributed by atoms with Crippen LogP contribution in [0.4, 0.5) is 0 Å². The number of carboxylic acids is 1. The van der Waals surface area contributed by atoms with Crippen molar-refractivity contribution in [1.82, 2.24) is 14.8 Å². The second-order valence-electron chi connectivity index (χ2n) is 5.33. The van der Waals surface area contributed by atoms with Crippen LogP contribution in [0.15, 0.2) is 23.4 Å². The highest BCUT2D eigenvalue weighted by Crippen LogP contribution is 2.28. The Morgan fingerprint density at radius 3 is 2.38 bits per heavy atom. The Labute approximate surface area is 128 Å². The third-order valence-electron chi connectivity index (χ3n) is 2.99. The van der Waals surface area contributed by atoms with Crippen molar-refractivity contribution in [3.8, 4) is 11.4 Å². The SMILES string of the molecule is Cc1cc(C)cc(-c2nnc(SCC(=O)O)n2C(C)C)c1. The molecule has 0 atom stereocenters. The molecule has 0 fully saturated rings. The Balaban J connectivity index is 2.46. The van der Waals surface area contributed by atoms with E-state index in [2.05, 4.69) is 28.4 Å². The molecule has 0 amide bonds. The van der Waals surface area contributed by atoms with Gasteiger partial charge in [0.1, 0.15) is 0 Å². The number of carboxylic acid groups (broad SMARTS) is 1. The lowest BCUT2D eigenvalue weighted by Gasteiger charge is -2.14. The number of thioether (sulfide) groups is 1. The molecule has 0 radical (unpaired) electrons. The molecular weight excluding hydrogens is 286 g/mol. The van der Waals surface area contributed by atoms with Crippen molar-refractivity contribution in [3.63, 3.8) is 0 Å². The highest BCUT2D eigenvalue weighted by molar-refractivity contribution is 7.99. The lowest BCUT2D eigenvalue weighted by Crippen LogP contribution is -2.07. The van der Waals surface area contributed by atoms with Gasteiger partial charge >= 0.3 is 5.97 Å². The fourth-order valence-electron chi connectivity index (χ4n) is 2.27. The Bertz CT molecular complexity index is 645. The van der Waals surface area contributed by atoms with Gasteiger partial charge in [-0.3, -0.25) is 9.36 Å². The standard InChI is InChI=1S/C15H19N3O2S/c1-9(2)18-14(12-6-10(3)5-11(4)7-12)16-17-15(18)21-8-13(19)20/h5-7,9H,8H2,1-4H3,(H,19,20). The first-order valence-corrected chi connectivity index (χ1v) is 7.75. The molecule has 0 unspecified atom stereocenters. The van der Waals surface area contributed by atoms with Crippen LogP contribution in [0.2, 0.25) is 0 Å². The molecular formula is C15H19N3O2S. The molecule has 2 rings (SSSR count). The Kier molecular flexibility index (Phi) is 4.67. The first kappa shape index (κ1) is 15.6. The number of aryl methyl sites for hydroxylation is 2. The Hall–Kier alpha value is -1.82. The van der Waals surface area contributed by atoms with Crippen molar-refractivity contribution in [3.05, 3.63) is 29.3 Å². The normalized spacial score (nSPS) is 11.1. The molecule has 2 aromatic rings. The zero-order chi connectivity index (χ0) is 15.6. The molecule has 0 aliphatic rings. The van der Waals surface area contributed by atoms with E-state index >= 15 is 0 Å². The number of rotatable bonds is 5. The van der Waals surface area contributed by atoms with Crippen LogP contribution >= 0.6 is 11.8 Å². The quantitative estimate of drug-likeness (QED) is 0.858. The molecule has 1 heterocycles. The summed E-state index contributed by atoms with van der Waals surface area (Å²) in [6, 6.07) is 6.41. The summed E-state index contributed by atoms with van der Waals surface area (Å²) >= 11 is 1.20. The molecule has 0 aliphatic carbocycles. The molecule has 112 valence electrons. The van der Waals surface area contributed by atoms with Crippen molar-refractivity contribution >= 4 is 17.7 Å². The fraction of sp³-hybridized carbons (Fsp3) is 0.400. The molecule has 6 heteroatoms. The number of nitrogens with zero attached hydrogens (tertiary/aromatic N) is 3. The van der Waals surface area contributed by atoms with E-state index < -0.39 is 5.97 Å². The van der Waals surface area contributed by atoms with E-state index in [1.165, 1.54) is 22.9 Å². The van der Waals surface area contributed by atoms with Gasteiger partial charge in [-0.1, -0.05) is 29.0 Å². The van der Waals surface area contributed by atoms with E-state index in [0.717, 1.165) is 11.4 Å². The molecule has 0 spiro atoms. The zero-order valence-electron chi connectivity index (χ0n) is 12.6. The number of benzene rings is 1. The van der Waals surface area contributed by atoms with Crippen molar-refractivity contribution in [1.29, 1.82) is 0 Å². The molecule has 21 heavy (non-hydrogen) atoms. The minimum Gasteiger partial charge on any atom is -0.481 e. The van der Waals surface area contributed by atoms with E-state index in [4.69, 9.17) is 5.11 Å². The molecule has 5 nitrogen and oxygen atoms in total. The summed E-state index contributed by atoms with van der Waals surface area (Å²) in [6.45, 7) is 8.18. The van der Waals surface area contributed by atoms with E-state index in [1.807, 2.05) is 32.3 Å². The van der Waals surface area contributed by atoms with Crippen LogP contribution in [-0.4, -0.2) is 31.6 Å². The first-order chi connectivity index (χ1) is 9.88. The topological polar surface area (TPSA) is 68.0 Å². The summed E-state index contributed by atoms with van der Waals surface area (Å²) in [5, 5.41) is 17.9. The van der Waals surface area contributed by atoms with E-state index in [0.29, 0.717) is 5.16 Å². The summed E-state index contributed by atoms with van der Waals surface area (Å²) in [7, 11) is 0. The molecule has 0 aliphatic heterocycles. The van der Waals surface area contributed by atoms with Gasteiger partial charge in [-0.05, 0) is 39.8 Å². The molecule has 1 aromatic heterocycles. The first-order valence-electron chi connectivity index (χ1n) is 6.76. The van der Waals surface area contributed by atoms with Gasteiger partial charge in [0, 0.05) is 11.6 Å². The van der Waals surface area contributed by atoms with Gasteiger partial charge in [-0.25, -0.2) is 0 Å². The summed E-state index contributed by atoms with van der Waals surface area (Å²) in [6.07, 6.45) is 0. The van der Waals surface area contributed by atoms with Gasteiger partial charge in [0.05, 0.1) is 5.75 Å². The van der Waals surface area contributed by atoms with Gasteiger partial charge in [0.2, 0.25) is 0 Å². The lowest BCUT2D eigenvalue weighted by atomic mass is 10.1. The van der Waals surface area contributed by atoms with Crippen LogP contribution in [0.3, 0.4) is 0 Å². The second-order valence-corrected chi connectivity index (χ2v) is 6.27. The van der Waals surface area contributed by atoms with Crippen LogP contribution in [-0.2, 0) is 4.79 Å². The van der Waals surface area contributed by atoms with Gasteiger partial charge in [-0.15, -0.1) is 10.2 Å².